The second kappa shape index (κ2) is 5.17. The minimum Gasteiger partial charge on any atom is -0.359 e. The van der Waals surface area contributed by atoms with Crippen molar-refractivity contribution in [2.24, 2.45) is 12.5 Å². The number of carbonyl (C=O) groups excluding carboxylic acids is 2. The molecule has 0 bridgehead atoms. The van der Waals surface area contributed by atoms with Crippen molar-refractivity contribution >= 4 is 11.7 Å². The van der Waals surface area contributed by atoms with Gasteiger partial charge >= 0.3 is 0 Å². The fraction of sp³-hybridized carbons (Fsp3) is 0.571. The second-order valence-electron chi connectivity index (χ2n) is 5.53. The molecule has 19 heavy (non-hydrogen) atoms. The minimum absolute atomic E-state index is 0.0568. The number of Topliss-reactive ketones (excluding diaryl/α,β-unsaturated/α-hetero) is 1. The Morgan fingerprint density at radius 3 is 2.79 bits per heavy atom. The van der Waals surface area contributed by atoms with Gasteiger partial charge < -0.3 is 9.88 Å². The molecule has 104 valence electrons. The zero-order valence-electron chi connectivity index (χ0n) is 11.8. The van der Waals surface area contributed by atoms with Gasteiger partial charge in [-0.1, -0.05) is 0 Å². The van der Waals surface area contributed by atoms with Crippen LogP contribution in [-0.2, 0) is 11.8 Å². The molecule has 1 N–H and O–H groups in total. The highest BCUT2D eigenvalue weighted by molar-refractivity contribution is 5.96. The number of carbonyl (C=O) groups is 2. The predicted molar refractivity (Wildman–Crippen MR) is 73.0 cm³/mol. The molecule has 2 heterocycles. The van der Waals surface area contributed by atoms with Gasteiger partial charge in [0.2, 0.25) is 5.91 Å². The Labute approximate surface area is 113 Å². The van der Waals surface area contributed by atoms with Crippen LogP contribution in [0.15, 0.2) is 18.3 Å². The highest BCUT2D eigenvalue weighted by Gasteiger charge is 2.40. The predicted octanol–water partition coefficient (Wildman–Crippen LogP) is 0.666. The summed E-state index contributed by atoms with van der Waals surface area (Å²) < 4.78 is 1.83. The normalized spacial score (nSPS) is 23.5. The van der Waals surface area contributed by atoms with E-state index < -0.39 is 0 Å². The summed E-state index contributed by atoms with van der Waals surface area (Å²) in [6.07, 6.45) is 2.67. The first-order chi connectivity index (χ1) is 8.96. The largest absolute Gasteiger partial charge is 0.359 e. The number of nitrogens with one attached hydrogen (secondary N) is 1. The van der Waals surface area contributed by atoms with Gasteiger partial charge in [-0.3, -0.25) is 14.5 Å². The summed E-state index contributed by atoms with van der Waals surface area (Å²) in [7, 11) is 3.53. The zero-order valence-corrected chi connectivity index (χ0v) is 11.8. The Morgan fingerprint density at radius 1 is 1.47 bits per heavy atom. The lowest BCUT2D eigenvalue weighted by molar-refractivity contribution is -0.129. The van der Waals surface area contributed by atoms with Gasteiger partial charge in [0, 0.05) is 26.8 Å². The highest BCUT2D eigenvalue weighted by atomic mass is 16.2. The van der Waals surface area contributed by atoms with E-state index in [1.165, 1.54) is 0 Å². The molecule has 5 nitrogen and oxygen atoms in total. The number of hydrogen-bond acceptors (Lipinski definition) is 3. The monoisotopic (exact) mass is 263 g/mol. The lowest BCUT2D eigenvalue weighted by Crippen LogP contribution is -2.40. The van der Waals surface area contributed by atoms with E-state index in [2.05, 4.69) is 10.2 Å². The van der Waals surface area contributed by atoms with Crippen molar-refractivity contribution < 1.29 is 9.59 Å². The molecule has 1 aromatic rings. The lowest BCUT2D eigenvalue weighted by Gasteiger charge is -2.22. The van der Waals surface area contributed by atoms with E-state index in [9.17, 15) is 9.59 Å². The lowest BCUT2D eigenvalue weighted by atomic mass is 9.89. The molecule has 0 radical (unpaired) electrons. The first-order valence-electron chi connectivity index (χ1n) is 6.55. The Bertz CT molecular complexity index is 495. The summed E-state index contributed by atoms with van der Waals surface area (Å²) in [4.78, 5) is 26.1. The van der Waals surface area contributed by atoms with Gasteiger partial charge in [0.15, 0.2) is 5.78 Å². The first kappa shape index (κ1) is 13.8. The van der Waals surface area contributed by atoms with Crippen LogP contribution < -0.4 is 5.32 Å². The van der Waals surface area contributed by atoms with Crippen LogP contribution in [0.3, 0.4) is 0 Å². The quantitative estimate of drug-likeness (QED) is 0.812. The van der Waals surface area contributed by atoms with Gasteiger partial charge in [0.25, 0.3) is 0 Å². The molecule has 1 unspecified atom stereocenters. The molecule has 1 saturated heterocycles. The number of hydrogen-bond donors (Lipinski definition) is 1. The van der Waals surface area contributed by atoms with Gasteiger partial charge in [-0.25, -0.2) is 0 Å². The van der Waals surface area contributed by atoms with Gasteiger partial charge in [-0.15, -0.1) is 0 Å². The maximum atomic E-state index is 12.2. The van der Waals surface area contributed by atoms with E-state index >= 15 is 0 Å². The summed E-state index contributed by atoms with van der Waals surface area (Å²) in [5.74, 6) is 0.162. The molecule has 2 rings (SSSR count). The van der Waals surface area contributed by atoms with Crippen LogP contribution in [0.1, 0.15) is 23.8 Å². The van der Waals surface area contributed by atoms with Crippen molar-refractivity contribution in [3.63, 3.8) is 0 Å². The van der Waals surface area contributed by atoms with Crippen LogP contribution >= 0.6 is 0 Å². The molecular weight excluding hydrogens is 242 g/mol. The van der Waals surface area contributed by atoms with Crippen molar-refractivity contribution in [2.75, 3.05) is 26.7 Å². The Balaban J connectivity index is 1.98. The van der Waals surface area contributed by atoms with E-state index in [0.717, 1.165) is 13.0 Å². The maximum Gasteiger partial charge on any atom is 0.227 e. The van der Waals surface area contributed by atoms with Crippen LogP contribution in [0.2, 0.25) is 0 Å². The number of likely N-dealkylation sites (tertiary alicyclic amines) is 1. The first-order valence-corrected chi connectivity index (χ1v) is 6.55. The summed E-state index contributed by atoms with van der Waals surface area (Å²) in [5, 5.41) is 2.70. The smallest absolute Gasteiger partial charge is 0.227 e. The molecule has 1 aliphatic heterocycles. The average Bonchev–Trinajstić information content (AvgIpc) is 2.96. The number of nitrogens with zero attached hydrogens (tertiary/aromatic N) is 2. The highest BCUT2D eigenvalue weighted by Crippen LogP contribution is 2.29. The summed E-state index contributed by atoms with van der Waals surface area (Å²) in [6, 6.07) is 3.70. The van der Waals surface area contributed by atoms with Gasteiger partial charge in [0.1, 0.15) is 0 Å². The number of ketones is 1. The number of aryl methyl sites for hydroxylation is 1. The van der Waals surface area contributed by atoms with Crippen molar-refractivity contribution in [2.45, 2.75) is 13.3 Å². The third kappa shape index (κ3) is 2.71. The fourth-order valence-electron chi connectivity index (χ4n) is 2.71. The van der Waals surface area contributed by atoms with Crippen molar-refractivity contribution in [1.29, 1.82) is 0 Å². The van der Waals surface area contributed by atoms with Crippen LogP contribution in [0, 0.1) is 5.41 Å². The van der Waals surface area contributed by atoms with E-state index in [1.54, 1.807) is 7.05 Å². The molecule has 1 fully saturated rings. The van der Waals surface area contributed by atoms with E-state index in [0.29, 0.717) is 18.8 Å². The van der Waals surface area contributed by atoms with Crippen LogP contribution in [0.5, 0.6) is 0 Å². The average molecular weight is 263 g/mol. The molecular formula is C14H21N3O2. The molecule has 1 aliphatic rings. The Kier molecular flexibility index (Phi) is 3.75. The molecule has 0 aliphatic carbocycles. The standard InChI is InChI=1S/C14H21N3O2/c1-14(13(19)15-2)6-8-17(10-14)9-12(18)11-5-4-7-16(11)3/h4-5,7H,6,8-10H2,1-3H3,(H,15,19). The van der Waals surface area contributed by atoms with Gasteiger partial charge in [0.05, 0.1) is 17.7 Å². The van der Waals surface area contributed by atoms with Crippen LogP contribution in [0.4, 0.5) is 0 Å². The SMILES string of the molecule is CNC(=O)C1(C)CCN(CC(=O)c2cccn2C)C1. The number of amides is 1. The summed E-state index contributed by atoms with van der Waals surface area (Å²) in [5.41, 5.74) is 0.344. The topological polar surface area (TPSA) is 54.3 Å². The van der Waals surface area contributed by atoms with Crippen LogP contribution in [0.25, 0.3) is 0 Å². The minimum atomic E-state index is -0.372. The third-order valence-electron chi connectivity index (χ3n) is 3.92. The van der Waals surface area contributed by atoms with Gasteiger partial charge in [-0.05, 0) is 32.0 Å². The molecule has 1 atom stereocenters. The third-order valence-corrected chi connectivity index (χ3v) is 3.92. The number of aromatic nitrogens is 1. The molecule has 0 aromatic carbocycles. The Hall–Kier alpha value is -1.62. The van der Waals surface area contributed by atoms with E-state index in [1.807, 2.05) is 36.9 Å². The van der Waals surface area contributed by atoms with Crippen molar-refractivity contribution in [1.82, 2.24) is 14.8 Å². The Morgan fingerprint density at radius 2 is 2.21 bits per heavy atom. The molecule has 0 spiro atoms. The van der Waals surface area contributed by atoms with Crippen molar-refractivity contribution in [3.05, 3.63) is 24.0 Å². The molecule has 0 saturated carbocycles. The number of rotatable bonds is 4. The zero-order chi connectivity index (χ0) is 14.0. The molecule has 1 aromatic heterocycles. The molecule has 5 heteroatoms. The van der Waals surface area contributed by atoms with E-state index in [4.69, 9.17) is 0 Å². The van der Waals surface area contributed by atoms with E-state index in [-0.39, 0.29) is 17.1 Å². The molecule has 1 amide bonds. The fourth-order valence-corrected chi connectivity index (χ4v) is 2.71. The maximum absolute atomic E-state index is 12.2. The van der Waals surface area contributed by atoms with Crippen LogP contribution in [-0.4, -0.2) is 47.8 Å². The van der Waals surface area contributed by atoms with Gasteiger partial charge in [-0.2, -0.15) is 0 Å². The summed E-state index contributed by atoms with van der Waals surface area (Å²) >= 11 is 0. The van der Waals surface area contributed by atoms with Crippen molar-refractivity contribution in [3.8, 4) is 0 Å². The second-order valence-corrected chi connectivity index (χ2v) is 5.53. The summed E-state index contributed by atoms with van der Waals surface area (Å²) in [6.45, 7) is 3.77.